The fourth-order valence-electron chi connectivity index (χ4n) is 4.32. The van der Waals surface area contributed by atoms with E-state index in [0.29, 0.717) is 18.9 Å². The predicted octanol–water partition coefficient (Wildman–Crippen LogP) is 2.22. The number of carbonyl (C=O) groups excluding carboxylic acids is 1. The number of rotatable bonds is 5. The number of carbonyl (C=O) groups is 1. The number of anilines is 1. The lowest BCUT2D eigenvalue weighted by atomic mass is 10.0. The van der Waals surface area contributed by atoms with E-state index >= 15 is 0 Å². The van der Waals surface area contributed by atoms with Crippen molar-refractivity contribution in [3.63, 3.8) is 0 Å². The van der Waals surface area contributed by atoms with Crippen molar-refractivity contribution in [2.45, 2.75) is 31.7 Å². The number of hydrogen-bond donors (Lipinski definition) is 0. The molecule has 2 aliphatic heterocycles. The van der Waals surface area contributed by atoms with E-state index < -0.39 is 0 Å². The van der Waals surface area contributed by atoms with Crippen molar-refractivity contribution in [2.24, 2.45) is 0 Å². The molecule has 0 bridgehead atoms. The van der Waals surface area contributed by atoms with Crippen LogP contribution in [0.5, 0.6) is 0 Å². The van der Waals surface area contributed by atoms with Crippen molar-refractivity contribution in [3.05, 3.63) is 54.6 Å². The topological polar surface area (TPSA) is 52.6 Å². The van der Waals surface area contributed by atoms with Crippen LogP contribution < -0.4 is 4.90 Å². The molecule has 1 aromatic carbocycles. The Bertz CT molecular complexity index is 746. The van der Waals surface area contributed by atoms with E-state index in [1.165, 1.54) is 12.1 Å². The molecule has 1 unspecified atom stereocenters. The van der Waals surface area contributed by atoms with Crippen molar-refractivity contribution in [1.82, 2.24) is 19.8 Å². The average molecular weight is 380 g/mol. The van der Waals surface area contributed by atoms with E-state index in [9.17, 15) is 4.79 Å². The van der Waals surface area contributed by atoms with Crippen molar-refractivity contribution in [3.8, 4) is 0 Å². The van der Waals surface area contributed by atoms with Crippen LogP contribution in [0.1, 0.15) is 25.0 Å². The van der Waals surface area contributed by atoms with Crippen molar-refractivity contribution < 1.29 is 4.79 Å². The number of para-hydroxylation sites is 1. The Morgan fingerprint density at radius 1 is 1.04 bits per heavy atom. The average Bonchev–Trinajstić information content (AvgIpc) is 2.79. The molecular formula is C22H29N5O. The van der Waals surface area contributed by atoms with Gasteiger partial charge >= 0.3 is 0 Å². The Hall–Kier alpha value is -2.47. The second-order valence-electron chi connectivity index (χ2n) is 7.69. The zero-order valence-corrected chi connectivity index (χ0v) is 16.4. The molecule has 1 amide bonds. The van der Waals surface area contributed by atoms with Crippen molar-refractivity contribution in [1.29, 1.82) is 0 Å². The summed E-state index contributed by atoms with van der Waals surface area (Å²) in [5, 5.41) is 0. The number of piperazine rings is 1. The predicted molar refractivity (Wildman–Crippen MR) is 110 cm³/mol. The van der Waals surface area contributed by atoms with Crippen LogP contribution in [0.25, 0.3) is 0 Å². The summed E-state index contributed by atoms with van der Waals surface area (Å²) in [5.41, 5.74) is 2.20. The first-order valence-electron chi connectivity index (χ1n) is 10.4. The van der Waals surface area contributed by atoms with Crippen LogP contribution in [0.4, 0.5) is 5.69 Å². The van der Waals surface area contributed by atoms with Gasteiger partial charge in [-0.3, -0.25) is 19.7 Å². The normalized spacial score (nSPS) is 20.9. The second kappa shape index (κ2) is 9.15. The van der Waals surface area contributed by atoms with Gasteiger partial charge in [0.2, 0.25) is 5.91 Å². The van der Waals surface area contributed by atoms with Crippen LogP contribution in [0.15, 0.2) is 48.9 Å². The minimum atomic E-state index is 0.248. The molecular weight excluding hydrogens is 350 g/mol. The van der Waals surface area contributed by atoms with Crippen molar-refractivity contribution in [2.75, 3.05) is 44.2 Å². The first-order valence-corrected chi connectivity index (χ1v) is 10.4. The number of nitrogens with zero attached hydrogens (tertiary/aromatic N) is 5. The van der Waals surface area contributed by atoms with Crippen LogP contribution in [0, 0.1) is 0 Å². The summed E-state index contributed by atoms with van der Waals surface area (Å²) in [4.78, 5) is 28.1. The fraction of sp³-hybridized carbons (Fsp3) is 0.500. The van der Waals surface area contributed by atoms with Gasteiger partial charge in [0.1, 0.15) is 0 Å². The van der Waals surface area contributed by atoms with Gasteiger partial charge in [-0.1, -0.05) is 18.2 Å². The smallest absolute Gasteiger partial charge is 0.223 e. The molecule has 0 N–H and O–H groups in total. The molecule has 2 aromatic rings. The molecule has 1 atom stereocenters. The highest BCUT2D eigenvalue weighted by Crippen LogP contribution is 2.21. The molecule has 3 heterocycles. The summed E-state index contributed by atoms with van der Waals surface area (Å²) >= 11 is 0. The Balaban J connectivity index is 1.26. The molecule has 2 saturated heterocycles. The van der Waals surface area contributed by atoms with Gasteiger partial charge in [-0.05, 0) is 31.4 Å². The lowest BCUT2D eigenvalue weighted by Crippen LogP contribution is -2.55. The molecule has 0 radical (unpaired) electrons. The Kier molecular flexibility index (Phi) is 6.17. The number of aromatic nitrogens is 2. The van der Waals surface area contributed by atoms with Gasteiger partial charge in [-0.15, -0.1) is 0 Å². The van der Waals surface area contributed by atoms with E-state index in [4.69, 9.17) is 0 Å². The number of aryl methyl sites for hydroxylation is 1. The Labute approximate surface area is 167 Å². The zero-order valence-electron chi connectivity index (χ0n) is 16.4. The third-order valence-electron chi connectivity index (χ3n) is 5.91. The molecule has 6 nitrogen and oxygen atoms in total. The van der Waals surface area contributed by atoms with Crippen molar-refractivity contribution >= 4 is 11.6 Å². The molecule has 0 spiro atoms. The maximum atomic E-state index is 12.7. The molecule has 0 aliphatic carbocycles. The maximum absolute atomic E-state index is 12.7. The fourth-order valence-corrected chi connectivity index (χ4v) is 4.32. The largest absolute Gasteiger partial charge is 0.369 e. The molecule has 2 aliphatic rings. The third-order valence-corrected chi connectivity index (χ3v) is 5.91. The maximum Gasteiger partial charge on any atom is 0.223 e. The number of amides is 1. The Morgan fingerprint density at radius 2 is 1.86 bits per heavy atom. The lowest BCUT2D eigenvalue weighted by molar-refractivity contribution is -0.133. The molecule has 4 rings (SSSR count). The number of benzene rings is 1. The monoisotopic (exact) mass is 379 g/mol. The summed E-state index contributed by atoms with van der Waals surface area (Å²) in [5.74, 6) is 0.248. The Morgan fingerprint density at radius 3 is 2.61 bits per heavy atom. The second-order valence-corrected chi connectivity index (χ2v) is 7.69. The molecule has 1 aromatic heterocycles. The summed E-state index contributed by atoms with van der Waals surface area (Å²) in [6.45, 7) is 6.01. The minimum Gasteiger partial charge on any atom is -0.369 e. The highest BCUT2D eigenvalue weighted by molar-refractivity contribution is 5.76. The van der Waals surface area contributed by atoms with Gasteiger partial charge in [0, 0.05) is 76.0 Å². The van der Waals surface area contributed by atoms with Gasteiger partial charge in [-0.2, -0.15) is 0 Å². The molecule has 148 valence electrons. The van der Waals surface area contributed by atoms with E-state index in [2.05, 4.69) is 55.0 Å². The van der Waals surface area contributed by atoms with Gasteiger partial charge in [0.25, 0.3) is 0 Å². The summed E-state index contributed by atoms with van der Waals surface area (Å²) in [6.07, 6.45) is 8.58. The lowest BCUT2D eigenvalue weighted by Gasteiger charge is -2.44. The van der Waals surface area contributed by atoms with Gasteiger partial charge in [0.15, 0.2) is 0 Å². The van der Waals surface area contributed by atoms with E-state index in [1.807, 2.05) is 0 Å². The minimum absolute atomic E-state index is 0.248. The van der Waals surface area contributed by atoms with Crippen LogP contribution in [-0.4, -0.2) is 71.0 Å². The van der Waals surface area contributed by atoms with Gasteiger partial charge in [-0.25, -0.2) is 0 Å². The third kappa shape index (κ3) is 4.68. The standard InChI is InChI=1S/C22H29N5O/c28-22(9-8-19-17-23-10-11-24-19)27-12-4-7-21(18-27)26-15-13-25(14-16-26)20-5-2-1-3-6-20/h1-3,5-6,10-11,17,21H,4,7-9,12-16,18H2. The quantitative estimate of drug-likeness (QED) is 0.797. The SMILES string of the molecule is O=C(CCc1cnccn1)N1CCCC(N2CCN(c3ccccc3)CC2)C1. The number of hydrogen-bond acceptors (Lipinski definition) is 5. The zero-order chi connectivity index (χ0) is 19.2. The first-order chi connectivity index (χ1) is 13.8. The highest BCUT2D eigenvalue weighted by Gasteiger charge is 2.29. The molecule has 0 saturated carbocycles. The van der Waals surface area contributed by atoms with Gasteiger partial charge in [0.05, 0.1) is 5.69 Å². The van der Waals surface area contributed by atoms with E-state index in [0.717, 1.165) is 51.4 Å². The van der Waals surface area contributed by atoms with Crippen LogP contribution >= 0.6 is 0 Å². The van der Waals surface area contributed by atoms with Gasteiger partial charge < -0.3 is 9.80 Å². The highest BCUT2D eigenvalue weighted by atomic mass is 16.2. The summed E-state index contributed by atoms with van der Waals surface area (Å²) in [7, 11) is 0. The summed E-state index contributed by atoms with van der Waals surface area (Å²) in [6, 6.07) is 11.1. The molecule has 2 fully saturated rings. The number of piperidine rings is 1. The summed E-state index contributed by atoms with van der Waals surface area (Å²) < 4.78 is 0. The van der Waals surface area contributed by atoms with Crippen LogP contribution in [0.2, 0.25) is 0 Å². The van der Waals surface area contributed by atoms with E-state index in [1.54, 1.807) is 18.6 Å². The van der Waals surface area contributed by atoms with E-state index in [-0.39, 0.29) is 5.91 Å². The van der Waals surface area contributed by atoms with Crippen LogP contribution in [-0.2, 0) is 11.2 Å². The number of likely N-dealkylation sites (tertiary alicyclic amines) is 1. The first kappa shape index (κ1) is 18.9. The molecule has 28 heavy (non-hydrogen) atoms. The van der Waals surface area contributed by atoms with Crippen LogP contribution in [0.3, 0.4) is 0 Å². The molecule has 6 heteroatoms.